The van der Waals surface area contributed by atoms with Crippen molar-refractivity contribution in [3.63, 3.8) is 0 Å². The van der Waals surface area contributed by atoms with E-state index in [9.17, 15) is 50.5 Å². The zero-order valence-corrected chi connectivity index (χ0v) is 25.6. The molecule has 3 aromatic rings. The van der Waals surface area contributed by atoms with Crippen molar-refractivity contribution in [3.8, 4) is 17.2 Å². The average Bonchev–Trinajstić information content (AvgIpc) is 2.92. The molecule has 252 valence electrons. The molecule has 1 amide bonds. The SMILES string of the molecule is CSCC(=O)N[C@H]1Cc2c(F)cc(F)c(C(=O)O)c2OB1O.O=C(O)c1c(F)cc(F)c(Br)c1O.O=C(O)c1c(O)cc(F)cc1F. The number of carboxylic acids is 3. The maximum atomic E-state index is 13.9. The van der Waals surface area contributed by atoms with Crippen LogP contribution in [0.25, 0.3) is 0 Å². The van der Waals surface area contributed by atoms with Gasteiger partial charge in [-0.3, -0.25) is 4.79 Å². The van der Waals surface area contributed by atoms with E-state index in [4.69, 9.17) is 30.2 Å². The number of benzene rings is 3. The first kappa shape index (κ1) is 38.6. The van der Waals surface area contributed by atoms with E-state index in [0.717, 1.165) is 0 Å². The molecule has 0 aliphatic carbocycles. The molecule has 0 unspecified atom stereocenters. The number of thioether (sulfide) groups is 1. The number of fused-ring (bicyclic) bond motifs is 1. The lowest BCUT2D eigenvalue weighted by atomic mass is 9.72. The fourth-order valence-corrected chi connectivity index (χ4v) is 4.40. The van der Waals surface area contributed by atoms with Gasteiger partial charge in [0, 0.05) is 29.8 Å². The normalized spacial score (nSPS) is 13.1. The minimum atomic E-state index is -1.66. The number of phenols is 2. The van der Waals surface area contributed by atoms with Crippen LogP contribution in [0.3, 0.4) is 0 Å². The summed E-state index contributed by atoms with van der Waals surface area (Å²) in [6.45, 7) is 0. The van der Waals surface area contributed by atoms with Crippen molar-refractivity contribution >= 4 is 58.6 Å². The maximum Gasteiger partial charge on any atom is 0.547 e. The minimum Gasteiger partial charge on any atom is -0.534 e. The molecule has 1 aliphatic rings. The quantitative estimate of drug-likeness (QED) is 0.108. The Hall–Kier alpha value is -4.63. The molecule has 1 aliphatic heterocycles. The van der Waals surface area contributed by atoms with Gasteiger partial charge in [-0.25, -0.2) is 40.7 Å². The Bertz CT molecular complexity index is 1710. The molecule has 1 atom stereocenters. The van der Waals surface area contributed by atoms with E-state index < -0.39 is 104 Å². The number of halogens is 7. The van der Waals surface area contributed by atoms with Gasteiger partial charge in [0.25, 0.3) is 0 Å². The first-order valence-electron chi connectivity index (χ1n) is 12.2. The molecule has 0 bridgehead atoms. The number of hydrogen-bond acceptors (Lipinski definition) is 9. The highest BCUT2D eigenvalue weighted by molar-refractivity contribution is 9.10. The molecule has 21 heteroatoms. The molecule has 4 rings (SSSR count). The summed E-state index contributed by atoms with van der Waals surface area (Å²) in [5, 5.41) is 55.8. The van der Waals surface area contributed by atoms with Gasteiger partial charge in [0.05, 0.1) is 16.2 Å². The third-order valence-electron chi connectivity index (χ3n) is 5.73. The van der Waals surface area contributed by atoms with Gasteiger partial charge in [0.1, 0.15) is 68.8 Å². The lowest BCUT2D eigenvalue weighted by molar-refractivity contribution is -0.119. The Kier molecular flexibility index (Phi) is 13.4. The van der Waals surface area contributed by atoms with Crippen molar-refractivity contribution in [1.82, 2.24) is 5.32 Å². The van der Waals surface area contributed by atoms with Gasteiger partial charge in [-0.05, 0) is 28.6 Å². The van der Waals surface area contributed by atoms with Crippen molar-refractivity contribution in [1.29, 1.82) is 0 Å². The second-order valence-electron chi connectivity index (χ2n) is 8.92. The van der Waals surface area contributed by atoms with Crippen molar-refractivity contribution < 1.29 is 80.7 Å². The van der Waals surface area contributed by atoms with Crippen LogP contribution in [0.5, 0.6) is 17.2 Å². The summed E-state index contributed by atoms with van der Waals surface area (Å²) >= 11 is 3.84. The van der Waals surface area contributed by atoms with Crippen LogP contribution in [-0.2, 0) is 11.2 Å². The highest BCUT2D eigenvalue weighted by Gasteiger charge is 2.40. The lowest BCUT2D eigenvalue weighted by Gasteiger charge is -2.29. The summed E-state index contributed by atoms with van der Waals surface area (Å²) in [4.78, 5) is 43.2. The number of carbonyl (C=O) groups excluding carboxylic acids is 1. The second kappa shape index (κ2) is 16.3. The van der Waals surface area contributed by atoms with Crippen LogP contribution < -0.4 is 9.97 Å². The van der Waals surface area contributed by atoms with Gasteiger partial charge in [0.15, 0.2) is 0 Å². The molecule has 1 heterocycles. The smallest absolute Gasteiger partial charge is 0.534 e. The maximum absolute atomic E-state index is 13.9. The molecule has 12 nitrogen and oxygen atoms in total. The molecular weight excluding hydrogens is 739 g/mol. The van der Waals surface area contributed by atoms with Crippen LogP contribution in [0.2, 0.25) is 0 Å². The number of carbonyl (C=O) groups is 4. The van der Waals surface area contributed by atoms with Crippen LogP contribution in [0, 0.1) is 34.9 Å². The minimum absolute atomic E-state index is 0.141. The van der Waals surface area contributed by atoms with E-state index >= 15 is 0 Å². The molecule has 0 saturated carbocycles. The van der Waals surface area contributed by atoms with Gasteiger partial charge < -0.3 is 40.5 Å². The van der Waals surface area contributed by atoms with Crippen LogP contribution in [-0.4, -0.2) is 79.4 Å². The van der Waals surface area contributed by atoms with Gasteiger partial charge in [-0.15, -0.1) is 0 Å². The third-order valence-corrected chi connectivity index (χ3v) is 7.04. The predicted molar refractivity (Wildman–Crippen MR) is 154 cm³/mol. The molecule has 0 saturated heterocycles. The van der Waals surface area contributed by atoms with E-state index in [0.29, 0.717) is 24.3 Å². The van der Waals surface area contributed by atoms with Crippen LogP contribution in [0.15, 0.2) is 28.7 Å². The molecular formula is C26H19BBrF6NO11S. The van der Waals surface area contributed by atoms with E-state index in [1.807, 2.05) is 0 Å². The lowest BCUT2D eigenvalue weighted by Crippen LogP contribution is -2.53. The molecule has 0 fully saturated rings. The summed E-state index contributed by atoms with van der Waals surface area (Å²) in [6.07, 6.45) is 1.51. The Morgan fingerprint density at radius 1 is 0.851 bits per heavy atom. The largest absolute Gasteiger partial charge is 0.547 e. The molecule has 0 spiro atoms. The Balaban J connectivity index is 0.000000263. The fraction of sp³-hybridized carbons (Fsp3) is 0.154. The summed E-state index contributed by atoms with van der Waals surface area (Å²) in [5.74, 6) is -15.5. The standard InChI is InChI=1S/C12H12BF2NO5S.C7H3BrF2O3.C7H4F2O3/c1-22-4-9(17)16-8-2-5-6(14)3-7(15)10(12(18)19)11(5)21-13(8)20;8-5-3(10)1-2(9)4(6(5)11)7(12)13;8-3-1-4(9)6(7(11)12)5(10)2-3/h3,8,20H,2,4H2,1H3,(H,16,17)(H,18,19);1,11H,(H,12,13);1-2,10H,(H,11,12)/t8-;;/m0../s1. The van der Waals surface area contributed by atoms with Gasteiger partial charge in [-0.2, -0.15) is 11.8 Å². The third kappa shape index (κ3) is 9.45. The Morgan fingerprint density at radius 2 is 1.36 bits per heavy atom. The highest BCUT2D eigenvalue weighted by atomic mass is 79.9. The summed E-state index contributed by atoms with van der Waals surface area (Å²) < 4.78 is 82.1. The van der Waals surface area contributed by atoms with Crippen molar-refractivity contribution in [3.05, 3.63) is 85.9 Å². The van der Waals surface area contributed by atoms with E-state index in [-0.39, 0.29) is 23.6 Å². The van der Waals surface area contributed by atoms with Crippen molar-refractivity contribution in [2.24, 2.45) is 0 Å². The van der Waals surface area contributed by atoms with Crippen LogP contribution in [0.1, 0.15) is 36.6 Å². The molecule has 3 aromatic carbocycles. The van der Waals surface area contributed by atoms with Crippen molar-refractivity contribution in [2.75, 3.05) is 12.0 Å². The second-order valence-corrected chi connectivity index (χ2v) is 10.6. The van der Waals surface area contributed by atoms with Crippen molar-refractivity contribution in [2.45, 2.75) is 12.4 Å². The van der Waals surface area contributed by atoms with E-state index in [1.54, 1.807) is 6.26 Å². The summed E-state index contributed by atoms with van der Waals surface area (Å²) in [6, 6.07) is 1.76. The number of aromatic carboxylic acids is 3. The number of nitrogens with one attached hydrogen (secondary N) is 1. The van der Waals surface area contributed by atoms with Gasteiger partial charge in [-0.1, -0.05) is 0 Å². The van der Waals surface area contributed by atoms with Crippen LogP contribution >= 0.6 is 27.7 Å². The number of carboxylic acid groups (broad SMARTS) is 3. The number of aromatic hydroxyl groups is 2. The van der Waals surface area contributed by atoms with Gasteiger partial charge in [0.2, 0.25) is 5.91 Å². The molecule has 0 aromatic heterocycles. The van der Waals surface area contributed by atoms with Crippen LogP contribution in [0.4, 0.5) is 26.3 Å². The highest BCUT2D eigenvalue weighted by Crippen LogP contribution is 2.34. The first-order chi connectivity index (χ1) is 21.8. The molecule has 0 radical (unpaired) electrons. The van der Waals surface area contributed by atoms with Gasteiger partial charge >= 0.3 is 25.0 Å². The zero-order chi connectivity index (χ0) is 35.9. The molecule has 47 heavy (non-hydrogen) atoms. The zero-order valence-electron chi connectivity index (χ0n) is 23.2. The topological polar surface area (TPSA) is 211 Å². The summed E-state index contributed by atoms with van der Waals surface area (Å²) in [5.41, 5.74) is -2.91. The first-order valence-corrected chi connectivity index (χ1v) is 14.4. The molecule has 7 N–H and O–H groups in total. The number of rotatable bonds is 6. The number of hydrogen-bond donors (Lipinski definition) is 7. The van der Waals surface area contributed by atoms with E-state index in [1.165, 1.54) is 11.8 Å². The summed E-state index contributed by atoms with van der Waals surface area (Å²) in [7, 11) is -1.60. The van der Waals surface area contributed by atoms with E-state index in [2.05, 4.69) is 21.2 Å². The fourth-order valence-electron chi connectivity index (χ4n) is 3.74. The number of amides is 1. The monoisotopic (exact) mass is 757 g/mol. The average molecular weight is 758 g/mol. The predicted octanol–water partition coefficient (Wildman–Crippen LogP) is 3.97. The Morgan fingerprint density at radius 3 is 1.87 bits per heavy atom. The Labute approximate surface area is 271 Å².